The highest BCUT2D eigenvalue weighted by atomic mass is 35.5. The molecule has 2 aromatic carbocycles. The molecule has 0 saturated carbocycles. The van der Waals surface area contributed by atoms with Crippen LogP contribution in [0.25, 0.3) is 0 Å². The molecule has 1 aliphatic heterocycles. The fourth-order valence-electron chi connectivity index (χ4n) is 3.00. The van der Waals surface area contributed by atoms with Gasteiger partial charge >= 0.3 is 0 Å². The van der Waals surface area contributed by atoms with Gasteiger partial charge < -0.3 is 9.80 Å². The van der Waals surface area contributed by atoms with E-state index in [1.807, 2.05) is 36.1 Å². The molecule has 142 valence electrons. The largest absolute Gasteiger partial charge is 0.368 e. The zero-order chi connectivity index (χ0) is 19.4. The van der Waals surface area contributed by atoms with Gasteiger partial charge in [-0.25, -0.2) is 0 Å². The quantitative estimate of drug-likeness (QED) is 0.426. The molecule has 0 aromatic heterocycles. The van der Waals surface area contributed by atoms with Gasteiger partial charge in [0.25, 0.3) is 5.69 Å². The smallest absolute Gasteiger partial charge is 0.269 e. The van der Waals surface area contributed by atoms with E-state index in [-0.39, 0.29) is 16.8 Å². The summed E-state index contributed by atoms with van der Waals surface area (Å²) in [5.41, 5.74) is 1.02. The molecule has 0 spiro atoms. The Labute approximate surface area is 167 Å². The maximum absolute atomic E-state index is 12.7. The van der Waals surface area contributed by atoms with Crippen LogP contribution in [0.4, 0.5) is 11.4 Å². The minimum atomic E-state index is -0.403. The third-order valence-electron chi connectivity index (χ3n) is 4.49. The highest BCUT2D eigenvalue weighted by Gasteiger charge is 2.25. The summed E-state index contributed by atoms with van der Waals surface area (Å²) in [6.45, 7) is 4.62. The lowest BCUT2D eigenvalue weighted by Crippen LogP contribution is -2.50. The van der Waals surface area contributed by atoms with Crippen LogP contribution in [0.2, 0.25) is 5.02 Å². The molecule has 1 heterocycles. The lowest BCUT2D eigenvalue weighted by molar-refractivity contribution is -0.384. The molecule has 0 unspecified atom stereocenters. The first kappa shape index (κ1) is 19.5. The molecular formula is C19H20ClN3O3S. The van der Waals surface area contributed by atoms with Crippen molar-refractivity contribution in [3.8, 4) is 0 Å². The highest BCUT2D eigenvalue weighted by Crippen LogP contribution is 2.27. The number of nitro benzene ring substituents is 1. The van der Waals surface area contributed by atoms with Crippen molar-refractivity contribution < 1.29 is 9.72 Å². The van der Waals surface area contributed by atoms with Crippen molar-refractivity contribution in [3.63, 3.8) is 0 Å². The number of rotatable bonds is 5. The van der Waals surface area contributed by atoms with Crippen molar-refractivity contribution in [3.05, 3.63) is 63.7 Å². The summed E-state index contributed by atoms with van der Waals surface area (Å²) in [6, 6.07) is 14.0. The van der Waals surface area contributed by atoms with Gasteiger partial charge in [0.15, 0.2) is 0 Å². The number of halogens is 1. The van der Waals surface area contributed by atoms with E-state index < -0.39 is 4.92 Å². The third kappa shape index (κ3) is 4.93. The van der Waals surface area contributed by atoms with E-state index in [0.29, 0.717) is 31.2 Å². The second-order valence-electron chi connectivity index (χ2n) is 6.30. The summed E-state index contributed by atoms with van der Waals surface area (Å²) in [4.78, 5) is 28.1. The summed E-state index contributed by atoms with van der Waals surface area (Å²) >= 11 is 7.43. The topological polar surface area (TPSA) is 66.7 Å². The second-order valence-corrected chi connectivity index (χ2v) is 8.15. The van der Waals surface area contributed by atoms with Crippen molar-refractivity contribution in [2.24, 2.45) is 0 Å². The van der Waals surface area contributed by atoms with E-state index >= 15 is 0 Å². The predicted molar refractivity (Wildman–Crippen MR) is 109 cm³/mol. The Morgan fingerprint density at radius 2 is 1.67 bits per heavy atom. The van der Waals surface area contributed by atoms with Gasteiger partial charge in [0.1, 0.15) is 0 Å². The monoisotopic (exact) mass is 405 g/mol. The number of anilines is 1. The fourth-order valence-corrected chi connectivity index (χ4v) is 4.07. The normalized spacial score (nSPS) is 15.5. The van der Waals surface area contributed by atoms with Crippen LogP contribution < -0.4 is 4.90 Å². The highest BCUT2D eigenvalue weighted by molar-refractivity contribution is 8.00. The lowest BCUT2D eigenvalue weighted by atomic mass is 10.2. The molecule has 27 heavy (non-hydrogen) atoms. The summed E-state index contributed by atoms with van der Waals surface area (Å²) in [5.74, 6) is 0.123. The van der Waals surface area contributed by atoms with E-state index in [4.69, 9.17) is 11.6 Å². The SMILES string of the molecule is C[C@@H](Sc1ccc(Cl)cc1)C(=O)N1CCN(c2ccc([N+](=O)[O-])cc2)CC1. The van der Waals surface area contributed by atoms with Crippen LogP contribution in [0, 0.1) is 10.1 Å². The van der Waals surface area contributed by atoms with Crippen LogP contribution in [-0.4, -0.2) is 47.2 Å². The van der Waals surface area contributed by atoms with E-state index in [0.717, 1.165) is 10.6 Å². The number of amides is 1. The molecule has 0 radical (unpaired) electrons. The van der Waals surface area contributed by atoms with Crippen molar-refractivity contribution in [2.45, 2.75) is 17.1 Å². The van der Waals surface area contributed by atoms with Crippen LogP contribution >= 0.6 is 23.4 Å². The molecule has 0 aliphatic carbocycles. The molecule has 1 fully saturated rings. The van der Waals surface area contributed by atoms with Gasteiger partial charge in [0.05, 0.1) is 10.2 Å². The number of hydrogen-bond acceptors (Lipinski definition) is 5. The number of nitrogens with zero attached hydrogens (tertiary/aromatic N) is 3. The standard InChI is InChI=1S/C19H20ClN3O3S/c1-14(27-18-8-2-15(20)3-9-18)19(24)22-12-10-21(11-13-22)16-4-6-17(7-5-16)23(25)26/h2-9,14H,10-13H2,1H3/t14-/m1/s1. The molecule has 6 nitrogen and oxygen atoms in total. The molecular weight excluding hydrogens is 386 g/mol. The average molecular weight is 406 g/mol. The number of carbonyl (C=O) groups is 1. The van der Waals surface area contributed by atoms with Crippen molar-refractivity contribution in [1.29, 1.82) is 0 Å². The maximum Gasteiger partial charge on any atom is 0.269 e. The summed E-state index contributed by atoms with van der Waals surface area (Å²) in [5, 5.41) is 11.3. The molecule has 3 rings (SSSR count). The van der Waals surface area contributed by atoms with Gasteiger partial charge in [0, 0.05) is 53.9 Å². The van der Waals surface area contributed by atoms with Crippen molar-refractivity contribution in [2.75, 3.05) is 31.1 Å². The van der Waals surface area contributed by atoms with E-state index in [2.05, 4.69) is 4.90 Å². The summed E-state index contributed by atoms with van der Waals surface area (Å²) < 4.78 is 0. The number of hydrogen-bond donors (Lipinski definition) is 0. The minimum Gasteiger partial charge on any atom is -0.368 e. The van der Waals surface area contributed by atoms with Crippen LogP contribution in [0.5, 0.6) is 0 Å². The first-order chi connectivity index (χ1) is 12.9. The Kier molecular flexibility index (Phi) is 6.23. The van der Waals surface area contributed by atoms with Crippen molar-refractivity contribution >= 4 is 40.6 Å². The van der Waals surface area contributed by atoms with Crippen LogP contribution in [0.1, 0.15) is 6.92 Å². The van der Waals surface area contributed by atoms with Gasteiger partial charge in [-0.1, -0.05) is 11.6 Å². The maximum atomic E-state index is 12.7. The Balaban J connectivity index is 1.54. The number of nitro groups is 1. The summed E-state index contributed by atoms with van der Waals surface area (Å²) in [7, 11) is 0. The third-order valence-corrected chi connectivity index (χ3v) is 5.84. The Bertz CT molecular complexity index is 806. The Morgan fingerprint density at radius 3 is 2.22 bits per heavy atom. The molecule has 0 N–H and O–H groups in total. The van der Waals surface area contributed by atoms with Gasteiger partial charge in [-0.15, -0.1) is 11.8 Å². The van der Waals surface area contributed by atoms with E-state index in [1.54, 1.807) is 12.1 Å². The number of benzene rings is 2. The van der Waals surface area contributed by atoms with Crippen LogP contribution in [-0.2, 0) is 4.79 Å². The number of carbonyl (C=O) groups excluding carboxylic acids is 1. The van der Waals surface area contributed by atoms with Crippen molar-refractivity contribution in [1.82, 2.24) is 4.90 Å². The average Bonchev–Trinajstić information content (AvgIpc) is 2.69. The lowest BCUT2D eigenvalue weighted by Gasteiger charge is -2.37. The summed E-state index contributed by atoms with van der Waals surface area (Å²) in [6.07, 6.45) is 0. The van der Waals surface area contributed by atoms with E-state index in [9.17, 15) is 14.9 Å². The molecule has 8 heteroatoms. The predicted octanol–water partition coefficient (Wildman–Crippen LogP) is 4.08. The molecule has 1 atom stereocenters. The molecule has 1 amide bonds. The minimum absolute atomic E-state index is 0.0839. The zero-order valence-corrected chi connectivity index (χ0v) is 16.4. The second kappa shape index (κ2) is 8.63. The molecule has 1 saturated heterocycles. The Morgan fingerprint density at radius 1 is 1.07 bits per heavy atom. The van der Waals surface area contributed by atoms with Gasteiger partial charge in [-0.3, -0.25) is 14.9 Å². The number of non-ortho nitro benzene ring substituents is 1. The van der Waals surface area contributed by atoms with Gasteiger partial charge in [0.2, 0.25) is 5.91 Å². The van der Waals surface area contributed by atoms with Crippen LogP contribution in [0.15, 0.2) is 53.4 Å². The first-order valence-electron chi connectivity index (χ1n) is 8.64. The van der Waals surface area contributed by atoms with Crippen LogP contribution in [0.3, 0.4) is 0 Å². The zero-order valence-electron chi connectivity index (χ0n) is 14.9. The van der Waals surface area contributed by atoms with Gasteiger partial charge in [-0.05, 0) is 43.3 Å². The van der Waals surface area contributed by atoms with E-state index in [1.165, 1.54) is 23.9 Å². The van der Waals surface area contributed by atoms with Gasteiger partial charge in [-0.2, -0.15) is 0 Å². The molecule has 2 aromatic rings. The first-order valence-corrected chi connectivity index (χ1v) is 9.90. The number of piperazine rings is 1. The molecule has 1 aliphatic rings. The fraction of sp³-hybridized carbons (Fsp3) is 0.316. The molecule has 0 bridgehead atoms. The number of thioether (sulfide) groups is 1. The Hall–Kier alpha value is -2.25.